The summed E-state index contributed by atoms with van der Waals surface area (Å²) in [6.45, 7) is 0. The fourth-order valence-corrected chi connectivity index (χ4v) is 2.25. The highest BCUT2D eigenvalue weighted by atomic mass is 79.9. The predicted octanol–water partition coefficient (Wildman–Crippen LogP) is 3.38. The predicted molar refractivity (Wildman–Crippen MR) is 69.0 cm³/mol. The van der Waals surface area contributed by atoms with Gasteiger partial charge in [-0.25, -0.2) is 0 Å². The first-order chi connectivity index (χ1) is 7.20. The highest BCUT2D eigenvalue weighted by molar-refractivity contribution is 9.10. The summed E-state index contributed by atoms with van der Waals surface area (Å²) in [5.74, 6) is 0. The first-order valence-electron chi connectivity index (χ1n) is 4.37. The van der Waals surface area contributed by atoms with Crippen LogP contribution < -0.4 is 5.73 Å². The van der Waals surface area contributed by atoms with E-state index in [0.29, 0.717) is 5.69 Å². The fraction of sp³-hybridized carbons (Fsp3) is 0. The van der Waals surface area contributed by atoms with Crippen LogP contribution in [0.25, 0.3) is 11.1 Å². The second-order valence-electron chi connectivity index (χ2n) is 3.10. The molecule has 0 spiro atoms. The van der Waals surface area contributed by atoms with Gasteiger partial charge in [-0.3, -0.25) is 4.98 Å². The molecule has 2 N–H and O–H groups in total. The summed E-state index contributed by atoms with van der Waals surface area (Å²) < 4.78 is 0.879. The van der Waals surface area contributed by atoms with Crippen LogP contribution in [0.15, 0.2) is 46.0 Å². The summed E-state index contributed by atoms with van der Waals surface area (Å²) in [5, 5.41) is 0. The number of thiol groups is 1. The van der Waals surface area contributed by atoms with Crippen LogP contribution in [-0.2, 0) is 0 Å². The number of rotatable bonds is 1. The molecule has 2 rings (SSSR count). The van der Waals surface area contributed by atoms with Gasteiger partial charge in [0.2, 0.25) is 0 Å². The highest BCUT2D eigenvalue weighted by Crippen LogP contribution is 2.35. The van der Waals surface area contributed by atoms with Crippen LogP contribution in [0.1, 0.15) is 0 Å². The van der Waals surface area contributed by atoms with Crippen LogP contribution in [0, 0.1) is 0 Å². The van der Waals surface area contributed by atoms with Gasteiger partial charge in [0.15, 0.2) is 0 Å². The summed E-state index contributed by atoms with van der Waals surface area (Å²) in [5.41, 5.74) is 8.49. The molecule has 0 aliphatic rings. The molecule has 1 heterocycles. The molecule has 0 unspecified atom stereocenters. The second-order valence-corrected chi connectivity index (χ2v) is 4.44. The van der Waals surface area contributed by atoms with Crippen LogP contribution in [0.4, 0.5) is 5.69 Å². The third-order valence-electron chi connectivity index (χ3n) is 2.10. The average molecular weight is 281 g/mol. The van der Waals surface area contributed by atoms with Crippen molar-refractivity contribution in [2.24, 2.45) is 0 Å². The molecule has 4 heteroatoms. The molecular weight excluding hydrogens is 272 g/mol. The molecule has 0 fully saturated rings. The number of halogens is 1. The van der Waals surface area contributed by atoms with Gasteiger partial charge < -0.3 is 5.73 Å². The van der Waals surface area contributed by atoms with Gasteiger partial charge in [-0.1, -0.05) is 18.2 Å². The van der Waals surface area contributed by atoms with Crippen molar-refractivity contribution >= 4 is 34.2 Å². The van der Waals surface area contributed by atoms with Gasteiger partial charge in [-0.15, -0.1) is 12.6 Å². The Morgan fingerprint density at radius 2 is 1.93 bits per heavy atom. The van der Waals surface area contributed by atoms with Gasteiger partial charge in [-0.2, -0.15) is 0 Å². The minimum Gasteiger partial charge on any atom is -0.397 e. The molecule has 0 atom stereocenters. The quantitative estimate of drug-likeness (QED) is 0.786. The third kappa shape index (κ3) is 2.01. The van der Waals surface area contributed by atoms with Gasteiger partial charge in [0, 0.05) is 21.1 Å². The molecule has 0 aliphatic heterocycles. The highest BCUT2D eigenvalue weighted by Gasteiger charge is 2.09. The number of nitrogens with zero attached hydrogens (tertiary/aromatic N) is 1. The third-order valence-corrected chi connectivity index (χ3v) is 3.09. The number of benzene rings is 1. The van der Waals surface area contributed by atoms with E-state index in [4.69, 9.17) is 5.73 Å². The van der Waals surface area contributed by atoms with Crippen LogP contribution >= 0.6 is 28.6 Å². The van der Waals surface area contributed by atoms with E-state index in [1.54, 1.807) is 12.4 Å². The maximum atomic E-state index is 5.90. The molecule has 2 nitrogen and oxygen atoms in total. The normalized spacial score (nSPS) is 10.3. The van der Waals surface area contributed by atoms with Crippen LogP contribution in [0.5, 0.6) is 0 Å². The molecule has 0 bridgehead atoms. The monoisotopic (exact) mass is 280 g/mol. The Balaban J connectivity index is 2.69. The van der Waals surface area contributed by atoms with Crippen molar-refractivity contribution in [3.05, 3.63) is 41.1 Å². The summed E-state index contributed by atoms with van der Waals surface area (Å²) in [6, 6.07) is 7.82. The Morgan fingerprint density at radius 1 is 1.20 bits per heavy atom. The fourth-order valence-electron chi connectivity index (χ4n) is 1.42. The molecule has 0 radical (unpaired) electrons. The van der Waals surface area contributed by atoms with Crippen molar-refractivity contribution in [1.29, 1.82) is 0 Å². The van der Waals surface area contributed by atoms with E-state index in [1.165, 1.54) is 0 Å². The molecule has 0 saturated heterocycles. The zero-order valence-electron chi connectivity index (χ0n) is 7.81. The SMILES string of the molecule is Nc1cncc(Br)c1-c1ccccc1S. The number of pyridine rings is 1. The van der Waals surface area contributed by atoms with E-state index in [-0.39, 0.29) is 0 Å². The molecule has 0 aliphatic carbocycles. The van der Waals surface area contributed by atoms with Gasteiger partial charge in [0.25, 0.3) is 0 Å². The standard InChI is InChI=1S/C11H9BrN2S/c12-8-5-14-6-9(13)11(8)7-3-1-2-4-10(7)15/h1-6,15H,13H2. The molecule has 0 amide bonds. The van der Waals surface area contributed by atoms with Crippen molar-refractivity contribution in [3.63, 3.8) is 0 Å². The minimum absolute atomic E-state index is 0.644. The number of anilines is 1. The molecule has 1 aromatic heterocycles. The van der Waals surface area contributed by atoms with Gasteiger partial charge in [0.1, 0.15) is 0 Å². The Bertz CT molecular complexity index is 479. The number of nitrogens with two attached hydrogens (primary N) is 1. The Kier molecular flexibility index (Phi) is 2.98. The lowest BCUT2D eigenvalue weighted by atomic mass is 10.1. The smallest absolute Gasteiger partial charge is 0.0592 e. The Morgan fingerprint density at radius 3 is 2.60 bits per heavy atom. The van der Waals surface area contributed by atoms with Crippen molar-refractivity contribution in [2.75, 3.05) is 5.73 Å². The van der Waals surface area contributed by atoms with Gasteiger partial charge in [0.05, 0.1) is 11.9 Å². The second kappa shape index (κ2) is 4.24. The summed E-state index contributed by atoms with van der Waals surface area (Å²) in [6.07, 6.45) is 3.37. The largest absolute Gasteiger partial charge is 0.397 e. The lowest BCUT2D eigenvalue weighted by Gasteiger charge is -2.09. The topological polar surface area (TPSA) is 38.9 Å². The first kappa shape index (κ1) is 10.5. The number of aromatic nitrogens is 1. The van der Waals surface area contributed by atoms with Crippen LogP contribution in [0.2, 0.25) is 0 Å². The van der Waals surface area contributed by atoms with Gasteiger partial charge in [-0.05, 0) is 27.6 Å². The number of hydrogen-bond acceptors (Lipinski definition) is 3. The zero-order valence-corrected chi connectivity index (χ0v) is 10.3. The molecule has 2 aromatic rings. The van der Waals surface area contributed by atoms with Crippen molar-refractivity contribution < 1.29 is 0 Å². The summed E-state index contributed by atoms with van der Waals surface area (Å²) in [4.78, 5) is 4.90. The maximum absolute atomic E-state index is 5.90. The maximum Gasteiger partial charge on any atom is 0.0592 e. The molecule has 1 aromatic carbocycles. The summed E-state index contributed by atoms with van der Waals surface area (Å²) in [7, 11) is 0. The summed E-state index contributed by atoms with van der Waals surface area (Å²) >= 11 is 7.85. The van der Waals surface area contributed by atoms with Crippen LogP contribution in [0.3, 0.4) is 0 Å². The molecule has 76 valence electrons. The van der Waals surface area contributed by atoms with Crippen LogP contribution in [-0.4, -0.2) is 4.98 Å². The Hall–Kier alpha value is -1.00. The lowest BCUT2D eigenvalue weighted by molar-refractivity contribution is 1.30. The van der Waals surface area contributed by atoms with Crippen molar-refractivity contribution in [1.82, 2.24) is 4.98 Å². The molecule has 0 saturated carbocycles. The van der Waals surface area contributed by atoms with Crippen molar-refractivity contribution in [2.45, 2.75) is 4.90 Å². The van der Waals surface area contributed by atoms with Crippen molar-refractivity contribution in [3.8, 4) is 11.1 Å². The van der Waals surface area contributed by atoms with E-state index in [0.717, 1.165) is 20.5 Å². The Labute approximate surface area is 102 Å². The van der Waals surface area contributed by atoms with E-state index in [2.05, 4.69) is 33.5 Å². The average Bonchev–Trinajstić information content (AvgIpc) is 2.20. The lowest BCUT2D eigenvalue weighted by Crippen LogP contribution is -1.93. The molecular formula is C11H9BrN2S. The zero-order chi connectivity index (χ0) is 10.8. The van der Waals surface area contributed by atoms with E-state index >= 15 is 0 Å². The molecule has 15 heavy (non-hydrogen) atoms. The van der Waals surface area contributed by atoms with E-state index < -0.39 is 0 Å². The van der Waals surface area contributed by atoms with E-state index in [1.807, 2.05) is 24.3 Å². The van der Waals surface area contributed by atoms with E-state index in [9.17, 15) is 0 Å². The minimum atomic E-state index is 0.644. The van der Waals surface area contributed by atoms with Gasteiger partial charge >= 0.3 is 0 Å². The number of nitrogen functional groups attached to an aromatic ring is 1. The first-order valence-corrected chi connectivity index (χ1v) is 5.61. The number of hydrogen-bond donors (Lipinski definition) is 2.